The summed E-state index contributed by atoms with van der Waals surface area (Å²) in [4.78, 5) is 10.8. The number of benzene rings is 1. The second-order valence-electron chi connectivity index (χ2n) is 2.65. The molecule has 1 amide bonds. The van der Waals surface area contributed by atoms with Crippen LogP contribution in [0.5, 0.6) is 5.75 Å². The fourth-order valence-corrected chi connectivity index (χ4v) is 1.48. The lowest BCUT2D eigenvalue weighted by Gasteiger charge is -2.08. The van der Waals surface area contributed by atoms with Crippen LogP contribution in [0.2, 0.25) is 10.0 Å². The molecule has 0 saturated heterocycles. The Labute approximate surface area is 92.0 Å². The maximum absolute atomic E-state index is 10.8. The van der Waals surface area contributed by atoms with Crippen LogP contribution in [0.1, 0.15) is 6.92 Å². The fourth-order valence-electron chi connectivity index (χ4n) is 0.971. The van der Waals surface area contributed by atoms with Gasteiger partial charge >= 0.3 is 0 Å². The van der Waals surface area contributed by atoms with E-state index >= 15 is 0 Å². The van der Waals surface area contributed by atoms with Crippen molar-refractivity contribution in [1.29, 1.82) is 0 Å². The van der Waals surface area contributed by atoms with E-state index in [4.69, 9.17) is 27.9 Å². The van der Waals surface area contributed by atoms with E-state index in [1.54, 1.807) is 6.07 Å². The predicted octanol–water partition coefficient (Wildman–Crippen LogP) is 2.96. The molecule has 0 aliphatic rings. The predicted molar refractivity (Wildman–Crippen MR) is 57.3 cm³/mol. The second-order valence-corrected chi connectivity index (χ2v) is 3.46. The Morgan fingerprint density at radius 1 is 1.36 bits per heavy atom. The van der Waals surface area contributed by atoms with Gasteiger partial charge in [-0.05, 0) is 6.07 Å². The van der Waals surface area contributed by atoms with Crippen LogP contribution in [0.4, 0.5) is 5.69 Å². The van der Waals surface area contributed by atoms with Crippen molar-refractivity contribution < 1.29 is 9.53 Å². The summed E-state index contributed by atoms with van der Waals surface area (Å²) in [5, 5.41) is 3.35. The monoisotopic (exact) mass is 233 g/mol. The molecule has 0 fully saturated rings. The lowest BCUT2D eigenvalue weighted by molar-refractivity contribution is -0.114. The Hall–Kier alpha value is -0.930. The molecule has 0 saturated carbocycles. The van der Waals surface area contributed by atoms with Gasteiger partial charge < -0.3 is 10.1 Å². The molecule has 1 rings (SSSR count). The Kier molecular flexibility index (Phi) is 3.61. The highest BCUT2D eigenvalue weighted by Crippen LogP contribution is 2.33. The number of ether oxygens (including phenoxy) is 1. The van der Waals surface area contributed by atoms with Crippen molar-refractivity contribution in [2.45, 2.75) is 6.92 Å². The number of nitrogens with one attached hydrogen (secondary N) is 1. The standard InChI is InChI=1S/C9H9Cl2NO2/c1-5(13)12-8-4-9(14-2)7(11)3-6(8)10/h3-4H,1-2H3,(H,12,13). The van der Waals surface area contributed by atoms with Gasteiger partial charge in [0.15, 0.2) is 0 Å². The van der Waals surface area contributed by atoms with Crippen LogP contribution in [-0.2, 0) is 4.79 Å². The van der Waals surface area contributed by atoms with E-state index in [2.05, 4.69) is 5.32 Å². The lowest BCUT2D eigenvalue weighted by Crippen LogP contribution is -2.06. The van der Waals surface area contributed by atoms with Crippen LogP contribution in [-0.4, -0.2) is 13.0 Å². The third kappa shape index (κ3) is 2.53. The van der Waals surface area contributed by atoms with E-state index in [0.29, 0.717) is 21.5 Å². The molecule has 76 valence electrons. The van der Waals surface area contributed by atoms with Crippen molar-refractivity contribution in [2.24, 2.45) is 0 Å². The Morgan fingerprint density at radius 2 is 2.00 bits per heavy atom. The van der Waals surface area contributed by atoms with E-state index in [1.807, 2.05) is 0 Å². The first-order valence-electron chi connectivity index (χ1n) is 3.85. The summed E-state index contributed by atoms with van der Waals surface area (Å²) in [6, 6.07) is 3.10. The van der Waals surface area contributed by atoms with E-state index in [9.17, 15) is 4.79 Å². The molecule has 5 heteroatoms. The minimum Gasteiger partial charge on any atom is -0.495 e. The lowest BCUT2D eigenvalue weighted by atomic mass is 10.3. The molecule has 0 heterocycles. The Bertz CT molecular complexity index is 366. The van der Waals surface area contributed by atoms with Gasteiger partial charge in [-0.1, -0.05) is 23.2 Å². The molecule has 1 aromatic carbocycles. The van der Waals surface area contributed by atoms with Crippen LogP contribution < -0.4 is 10.1 Å². The SMILES string of the molecule is COc1cc(NC(C)=O)c(Cl)cc1Cl. The number of halogens is 2. The first kappa shape index (κ1) is 11.1. The van der Waals surface area contributed by atoms with Crippen molar-refractivity contribution in [3.63, 3.8) is 0 Å². The van der Waals surface area contributed by atoms with Crippen LogP contribution in [0, 0.1) is 0 Å². The van der Waals surface area contributed by atoms with E-state index in [1.165, 1.54) is 20.1 Å². The molecular formula is C9H9Cl2NO2. The first-order chi connectivity index (χ1) is 6.54. The van der Waals surface area contributed by atoms with Crippen LogP contribution >= 0.6 is 23.2 Å². The van der Waals surface area contributed by atoms with Crippen molar-refractivity contribution in [1.82, 2.24) is 0 Å². The van der Waals surface area contributed by atoms with Crippen LogP contribution in [0.15, 0.2) is 12.1 Å². The summed E-state index contributed by atoms with van der Waals surface area (Å²) >= 11 is 11.7. The number of amides is 1. The van der Waals surface area contributed by atoms with Crippen LogP contribution in [0.3, 0.4) is 0 Å². The van der Waals surface area contributed by atoms with E-state index < -0.39 is 0 Å². The zero-order valence-corrected chi connectivity index (χ0v) is 9.24. The van der Waals surface area contributed by atoms with E-state index in [-0.39, 0.29) is 5.91 Å². The van der Waals surface area contributed by atoms with Gasteiger partial charge in [0.2, 0.25) is 5.91 Å². The molecule has 0 atom stereocenters. The topological polar surface area (TPSA) is 38.3 Å². The van der Waals surface area contributed by atoms with Crippen molar-refractivity contribution in [3.8, 4) is 5.75 Å². The summed E-state index contributed by atoms with van der Waals surface area (Å²) in [7, 11) is 1.49. The molecule has 0 aliphatic carbocycles. The number of rotatable bonds is 2. The highest BCUT2D eigenvalue weighted by atomic mass is 35.5. The van der Waals surface area contributed by atoms with Crippen molar-refractivity contribution >= 4 is 34.8 Å². The van der Waals surface area contributed by atoms with E-state index in [0.717, 1.165) is 0 Å². The second kappa shape index (κ2) is 4.53. The molecule has 14 heavy (non-hydrogen) atoms. The van der Waals surface area contributed by atoms with Gasteiger partial charge in [0, 0.05) is 13.0 Å². The molecule has 0 aromatic heterocycles. The molecular weight excluding hydrogens is 225 g/mol. The average molecular weight is 234 g/mol. The van der Waals surface area contributed by atoms with Gasteiger partial charge in [0.1, 0.15) is 5.75 Å². The zero-order chi connectivity index (χ0) is 10.7. The number of carbonyl (C=O) groups excluding carboxylic acids is 1. The molecule has 0 radical (unpaired) electrons. The van der Waals surface area contributed by atoms with Crippen LogP contribution in [0.25, 0.3) is 0 Å². The third-order valence-electron chi connectivity index (χ3n) is 1.55. The van der Waals surface area contributed by atoms with Crippen molar-refractivity contribution in [3.05, 3.63) is 22.2 Å². The zero-order valence-electron chi connectivity index (χ0n) is 7.73. The van der Waals surface area contributed by atoms with Gasteiger partial charge in [-0.2, -0.15) is 0 Å². The minimum atomic E-state index is -0.198. The third-order valence-corrected chi connectivity index (χ3v) is 2.16. The molecule has 0 bridgehead atoms. The number of hydrogen-bond donors (Lipinski definition) is 1. The highest BCUT2D eigenvalue weighted by Gasteiger charge is 2.08. The minimum absolute atomic E-state index is 0.198. The number of carbonyl (C=O) groups is 1. The summed E-state index contributed by atoms with van der Waals surface area (Å²) < 4.78 is 4.98. The quantitative estimate of drug-likeness (QED) is 0.854. The molecule has 0 unspecified atom stereocenters. The molecule has 0 spiro atoms. The summed E-state index contributed by atoms with van der Waals surface area (Å²) in [5.41, 5.74) is 0.486. The normalized spacial score (nSPS) is 9.71. The maximum atomic E-state index is 10.8. The molecule has 0 aliphatic heterocycles. The Morgan fingerprint density at radius 3 is 2.50 bits per heavy atom. The largest absolute Gasteiger partial charge is 0.495 e. The molecule has 1 N–H and O–H groups in total. The van der Waals surface area contributed by atoms with Crippen molar-refractivity contribution in [2.75, 3.05) is 12.4 Å². The van der Waals surface area contributed by atoms with Gasteiger partial charge in [-0.15, -0.1) is 0 Å². The number of methoxy groups -OCH3 is 1. The fraction of sp³-hybridized carbons (Fsp3) is 0.222. The smallest absolute Gasteiger partial charge is 0.221 e. The maximum Gasteiger partial charge on any atom is 0.221 e. The molecule has 1 aromatic rings. The van der Waals surface area contributed by atoms with Gasteiger partial charge in [0.05, 0.1) is 22.8 Å². The summed E-state index contributed by atoms with van der Waals surface area (Å²) in [5.74, 6) is 0.274. The van der Waals surface area contributed by atoms with Gasteiger partial charge in [0.25, 0.3) is 0 Å². The first-order valence-corrected chi connectivity index (χ1v) is 4.61. The number of hydrogen-bond acceptors (Lipinski definition) is 2. The average Bonchev–Trinajstić information content (AvgIpc) is 2.09. The summed E-state index contributed by atoms with van der Waals surface area (Å²) in [6.07, 6.45) is 0. The van der Waals surface area contributed by atoms with Gasteiger partial charge in [-0.25, -0.2) is 0 Å². The number of anilines is 1. The summed E-state index contributed by atoms with van der Waals surface area (Å²) in [6.45, 7) is 1.40. The highest BCUT2D eigenvalue weighted by molar-refractivity contribution is 6.37. The molecule has 3 nitrogen and oxygen atoms in total. The van der Waals surface area contributed by atoms with Gasteiger partial charge in [-0.3, -0.25) is 4.79 Å². The Balaban J connectivity index is 3.10.